The summed E-state index contributed by atoms with van der Waals surface area (Å²) in [4.78, 5) is 0. The van der Waals surface area contributed by atoms with E-state index in [1.54, 1.807) is 6.07 Å². The van der Waals surface area contributed by atoms with E-state index in [2.05, 4.69) is 5.10 Å². The largest absolute Gasteiger partial charge is 0.435 e. The van der Waals surface area contributed by atoms with E-state index in [1.165, 1.54) is 12.1 Å². The van der Waals surface area contributed by atoms with Crippen molar-refractivity contribution in [1.82, 2.24) is 9.78 Å². The van der Waals surface area contributed by atoms with Crippen LogP contribution in [0, 0.1) is 11.3 Å². The molecule has 1 aromatic carbocycles. The summed E-state index contributed by atoms with van der Waals surface area (Å²) in [7, 11) is 0. The van der Waals surface area contributed by atoms with Crippen LogP contribution < -0.4 is 0 Å². The number of nitriles is 1. The Morgan fingerprint density at radius 1 is 0.952 bits per heavy atom. The molecule has 110 valence electrons. The highest BCUT2D eigenvalue weighted by Gasteiger charge is 2.42. The third-order valence-electron chi connectivity index (χ3n) is 2.53. The molecular formula is C12H5F6N3. The molecule has 0 aliphatic rings. The molecule has 0 unspecified atom stereocenters. The number of nitrogens with zero attached hydrogens (tertiary/aromatic N) is 3. The van der Waals surface area contributed by atoms with E-state index in [1.807, 2.05) is 0 Å². The Hall–Kier alpha value is -2.50. The van der Waals surface area contributed by atoms with Gasteiger partial charge in [-0.25, -0.2) is 4.68 Å². The van der Waals surface area contributed by atoms with Gasteiger partial charge in [-0.15, -0.1) is 0 Å². The second kappa shape index (κ2) is 4.80. The minimum Gasteiger partial charge on any atom is -0.228 e. The van der Waals surface area contributed by atoms with Crippen LogP contribution >= 0.6 is 0 Å². The van der Waals surface area contributed by atoms with Crippen molar-refractivity contribution in [3.63, 3.8) is 0 Å². The van der Waals surface area contributed by atoms with Gasteiger partial charge in [-0.2, -0.15) is 36.7 Å². The molecule has 0 spiro atoms. The number of aromatic nitrogens is 2. The fourth-order valence-corrected chi connectivity index (χ4v) is 1.60. The van der Waals surface area contributed by atoms with Gasteiger partial charge < -0.3 is 0 Å². The third kappa shape index (κ3) is 2.99. The smallest absolute Gasteiger partial charge is 0.228 e. The lowest BCUT2D eigenvalue weighted by molar-refractivity contribution is -0.143. The van der Waals surface area contributed by atoms with Crippen LogP contribution in [0.4, 0.5) is 26.3 Å². The lowest BCUT2D eigenvalue weighted by Gasteiger charge is -2.09. The SMILES string of the molecule is N#Cc1ccc(-n2nc(C(F)(F)F)cc2C(F)(F)F)cc1. The highest BCUT2D eigenvalue weighted by molar-refractivity contribution is 5.40. The normalized spacial score (nSPS) is 12.2. The number of hydrogen-bond donors (Lipinski definition) is 0. The molecule has 21 heavy (non-hydrogen) atoms. The summed E-state index contributed by atoms with van der Waals surface area (Å²) >= 11 is 0. The first-order valence-electron chi connectivity index (χ1n) is 5.38. The molecule has 0 aliphatic carbocycles. The Kier molecular flexibility index (Phi) is 3.41. The van der Waals surface area contributed by atoms with Crippen LogP contribution in [0.1, 0.15) is 17.0 Å². The molecule has 0 radical (unpaired) electrons. The zero-order valence-electron chi connectivity index (χ0n) is 10.00. The van der Waals surface area contributed by atoms with Crippen molar-refractivity contribution in [3.05, 3.63) is 47.3 Å². The first-order chi connectivity index (χ1) is 9.63. The molecule has 0 atom stereocenters. The van der Waals surface area contributed by atoms with Gasteiger partial charge in [0, 0.05) is 6.07 Å². The van der Waals surface area contributed by atoms with E-state index in [-0.39, 0.29) is 22.0 Å². The molecule has 0 N–H and O–H groups in total. The molecule has 9 heteroatoms. The van der Waals surface area contributed by atoms with Gasteiger partial charge in [0.2, 0.25) is 0 Å². The Morgan fingerprint density at radius 3 is 1.95 bits per heavy atom. The minimum absolute atomic E-state index is 0.0573. The maximum atomic E-state index is 12.8. The predicted octanol–water partition coefficient (Wildman–Crippen LogP) is 3.78. The van der Waals surface area contributed by atoms with Gasteiger partial charge in [0.25, 0.3) is 0 Å². The van der Waals surface area contributed by atoms with Crippen LogP contribution in [-0.4, -0.2) is 9.78 Å². The summed E-state index contributed by atoms with van der Waals surface area (Å²) in [6, 6.07) is 6.23. The molecule has 0 bridgehead atoms. The quantitative estimate of drug-likeness (QED) is 0.752. The zero-order chi connectivity index (χ0) is 15.8. The molecule has 2 aromatic rings. The number of rotatable bonds is 1. The fourth-order valence-electron chi connectivity index (χ4n) is 1.60. The highest BCUT2D eigenvalue weighted by atomic mass is 19.4. The van der Waals surface area contributed by atoms with Crippen LogP contribution in [0.5, 0.6) is 0 Å². The fraction of sp³-hybridized carbons (Fsp3) is 0.167. The molecule has 2 rings (SSSR count). The molecule has 0 saturated heterocycles. The number of benzene rings is 1. The van der Waals surface area contributed by atoms with E-state index in [4.69, 9.17) is 5.26 Å². The molecule has 3 nitrogen and oxygen atoms in total. The number of alkyl halides is 6. The Morgan fingerprint density at radius 2 is 1.52 bits per heavy atom. The molecule has 0 saturated carbocycles. The van der Waals surface area contributed by atoms with Crippen molar-refractivity contribution in [1.29, 1.82) is 5.26 Å². The van der Waals surface area contributed by atoms with E-state index in [0.29, 0.717) is 0 Å². The number of hydrogen-bond acceptors (Lipinski definition) is 2. The minimum atomic E-state index is -5.00. The van der Waals surface area contributed by atoms with Gasteiger partial charge in [0.1, 0.15) is 5.69 Å². The third-order valence-corrected chi connectivity index (χ3v) is 2.53. The lowest BCUT2D eigenvalue weighted by Crippen LogP contribution is -2.13. The summed E-state index contributed by atoms with van der Waals surface area (Å²) in [5.74, 6) is 0. The molecule has 0 aliphatic heterocycles. The lowest BCUT2D eigenvalue weighted by atomic mass is 10.2. The van der Waals surface area contributed by atoms with E-state index in [0.717, 1.165) is 12.1 Å². The van der Waals surface area contributed by atoms with Gasteiger partial charge in [0.05, 0.1) is 17.3 Å². The Labute approximate surface area is 114 Å². The standard InChI is InChI=1S/C12H5F6N3/c13-11(14,15)9-5-10(12(16,17)18)21(20-9)8-3-1-7(6-19)2-4-8/h1-5H. The molecule has 1 aromatic heterocycles. The second-order valence-electron chi connectivity index (χ2n) is 3.98. The van der Waals surface area contributed by atoms with Crippen LogP contribution in [-0.2, 0) is 12.4 Å². The van der Waals surface area contributed by atoms with Crippen molar-refractivity contribution >= 4 is 0 Å². The Balaban J connectivity index is 2.61. The van der Waals surface area contributed by atoms with Crippen molar-refractivity contribution in [3.8, 4) is 11.8 Å². The van der Waals surface area contributed by atoms with Crippen molar-refractivity contribution in [2.45, 2.75) is 12.4 Å². The summed E-state index contributed by atoms with van der Waals surface area (Å²) in [6.07, 6.45) is -9.98. The van der Waals surface area contributed by atoms with Gasteiger partial charge in [-0.05, 0) is 24.3 Å². The first-order valence-corrected chi connectivity index (χ1v) is 5.38. The van der Waals surface area contributed by atoms with Crippen LogP contribution in [0.2, 0.25) is 0 Å². The van der Waals surface area contributed by atoms with Gasteiger partial charge in [-0.3, -0.25) is 0 Å². The van der Waals surface area contributed by atoms with Crippen molar-refractivity contribution in [2.75, 3.05) is 0 Å². The topological polar surface area (TPSA) is 41.6 Å². The van der Waals surface area contributed by atoms with E-state index in [9.17, 15) is 26.3 Å². The van der Waals surface area contributed by atoms with Crippen LogP contribution in [0.15, 0.2) is 30.3 Å². The Bertz CT molecular complexity index is 688. The average Bonchev–Trinajstić information content (AvgIpc) is 2.83. The maximum absolute atomic E-state index is 12.8. The summed E-state index contributed by atoms with van der Waals surface area (Å²) < 4.78 is 76.1. The van der Waals surface area contributed by atoms with Crippen molar-refractivity contribution < 1.29 is 26.3 Å². The molecule has 0 amide bonds. The van der Waals surface area contributed by atoms with Gasteiger partial charge >= 0.3 is 12.4 Å². The van der Waals surface area contributed by atoms with Gasteiger partial charge in [0.15, 0.2) is 5.69 Å². The number of halogens is 6. The maximum Gasteiger partial charge on any atom is 0.435 e. The van der Waals surface area contributed by atoms with E-state index >= 15 is 0 Å². The highest BCUT2D eigenvalue weighted by Crippen LogP contribution is 2.36. The van der Waals surface area contributed by atoms with Gasteiger partial charge in [-0.1, -0.05) is 0 Å². The van der Waals surface area contributed by atoms with E-state index < -0.39 is 23.7 Å². The molecule has 0 fully saturated rings. The monoisotopic (exact) mass is 305 g/mol. The zero-order valence-corrected chi connectivity index (χ0v) is 10.00. The molecule has 1 heterocycles. The summed E-state index contributed by atoms with van der Waals surface area (Å²) in [6.45, 7) is 0. The van der Waals surface area contributed by atoms with Crippen LogP contribution in [0.3, 0.4) is 0 Å². The average molecular weight is 305 g/mol. The van der Waals surface area contributed by atoms with Crippen molar-refractivity contribution in [2.24, 2.45) is 0 Å². The predicted molar refractivity (Wildman–Crippen MR) is 58.3 cm³/mol. The summed E-state index contributed by atoms with van der Waals surface area (Å²) in [5.41, 5.74) is -3.24. The first kappa shape index (κ1) is 14.9. The van der Waals surface area contributed by atoms with Crippen LogP contribution in [0.25, 0.3) is 5.69 Å². The second-order valence-corrected chi connectivity index (χ2v) is 3.98. The molecular weight excluding hydrogens is 300 g/mol. The summed E-state index contributed by atoms with van der Waals surface area (Å²) in [5, 5.41) is 11.6.